The van der Waals surface area contributed by atoms with E-state index in [-0.39, 0.29) is 12.1 Å². The number of hydrogen-bond acceptors (Lipinski definition) is 2. The molecular formula is C12H10N2O. The summed E-state index contributed by atoms with van der Waals surface area (Å²) in [6.45, 7) is 2.09. The minimum absolute atomic E-state index is 0.0999. The number of aromatic nitrogens is 1. The highest BCUT2D eigenvalue weighted by atomic mass is 16.1. The Balaban J connectivity index is 2.76. The third-order valence-corrected chi connectivity index (χ3v) is 2.37. The summed E-state index contributed by atoms with van der Waals surface area (Å²) in [5, 5.41) is 10.1. The summed E-state index contributed by atoms with van der Waals surface area (Å²) in [5.74, 6) is 0. The van der Waals surface area contributed by atoms with Gasteiger partial charge in [0.05, 0.1) is 6.07 Å². The first-order chi connectivity index (χ1) is 7.22. The van der Waals surface area contributed by atoms with Crippen molar-refractivity contribution in [3.8, 4) is 6.07 Å². The van der Waals surface area contributed by atoms with Gasteiger partial charge in [-0.1, -0.05) is 17.7 Å². The maximum atomic E-state index is 11.8. The summed E-state index contributed by atoms with van der Waals surface area (Å²) >= 11 is 0. The van der Waals surface area contributed by atoms with Crippen molar-refractivity contribution in [1.82, 2.24) is 4.57 Å². The van der Waals surface area contributed by atoms with Crippen LogP contribution in [-0.4, -0.2) is 4.57 Å². The molecule has 3 heteroatoms. The molecule has 1 aromatic carbocycles. The lowest BCUT2D eigenvalue weighted by molar-refractivity contribution is 0.798. The Morgan fingerprint density at radius 3 is 2.93 bits per heavy atom. The number of pyridine rings is 1. The average molecular weight is 198 g/mol. The predicted octanol–water partition coefficient (Wildman–Crippen LogP) is 1.83. The van der Waals surface area contributed by atoms with Gasteiger partial charge >= 0.3 is 0 Å². The molecule has 3 nitrogen and oxygen atoms in total. The molecular weight excluding hydrogens is 188 g/mol. The molecule has 0 saturated carbocycles. The van der Waals surface area contributed by atoms with Crippen LogP contribution in [0.3, 0.4) is 0 Å². The average Bonchev–Trinajstić information content (AvgIpc) is 2.22. The van der Waals surface area contributed by atoms with Gasteiger partial charge in [-0.2, -0.15) is 5.26 Å². The molecule has 2 aromatic rings. The topological polar surface area (TPSA) is 45.8 Å². The summed E-state index contributed by atoms with van der Waals surface area (Å²) in [5.41, 5.74) is 1.02. The van der Waals surface area contributed by atoms with Crippen molar-refractivity contribution in [2.45, 2.75) is 13.5 Å². The first-order valence-electron chi connectivity index (χ1n) is 4.69. The molecule has 0 spiro atoms. The zero-order chi connectivity index (χ0) is 10.8. The van der Waals surface area contributed by atoms with Crippen LogP contribution in [0.1, 0.15) is 5.56 Å². The molecule has 0 aliphatic carbocycles. The molecule has 0 atom stereocenters. The number of nitrogens with zero attached hydrogens (tertiary/aromatic N) is 2. The molecule has 0 N–H and O–H groups in total. The molecule has 0 aliphatic rings. The van der Waals surface area contributed by atoms with Gasteiger partial charge in [0, 0.05) is 11.6 Å². The van der Waals surface area contributed by atoms with Gasteiger partial charge in [0.1, 0.15) is 6.54 Å². The van der Waals surface area contributed by atoms with E-state index in [4.69, 9.17) is 5.26 Å². The van der Waals surface area contributed by atoms with E-state index in [1.165, 1.54) is 4.57 Å². The zero-order valence-corrected chi connectivity index (χ0v) is 8.40. The SMILES string of the molecule is Cc1ccc2c(=O)n(CC#N)ccc2c1. The number of aryl methyl sites for hydroxylation is 1. The standard InChI is InChI=1S/C12H10N2O/c1-9-2-3-11-10(8-9)4-6-14(7-5-13)12(11)15/h2-4,6,8H,7H2,1H3. The van der Waals surface area contributed by atoms with Crippen LogP contribution >= 0.6 is 0 Å². The number of rotatable bonds is 1. The molecule has 0 unspecified atom stereocenters. The Morgan fingerprint density at radius 2 is 2.20 bits per heavy atom. The lowest BCUT2D eigenvalue weighted by atomic mass is 10.1. The maximum absolute atomic E-state index is 11.8. The van der Waals surface area contributed by atoms with Crippen molar-refractivity contribution >= 4 is 10.8 Å². The molecule has 15 heavy (non-hydrogen) atoms. The molecule has 0 fully saturated rings. The van der Waals surface area contributed by atoms with E-state index < -0.39 is 0 Å². The Morgan fingerprint density at radius 1 is 1.40 bits per heavy atom. The quantitative estimate of drug-likeness (QED) is 0.701. The second kappa shape index (κ2) is 3.58. The summed E-state index contributed by atoms with van der Waals surface area (Å²) in [6, 6.07) is 9.50. The molecule has 1 heterocycles. The molecule has 0 amide bonds. The molecule has 1 aromatic heterocycles. The summed E-state index contributed by atoms with van der Waals surface area (Å²) in [7, 11) is 0. The van der Waals surface area contributed by atoms with Crippen LogP contribution in [0.2, 0.25) is 0 Å². The van der Waals surface area contributed by atoms with Crippen LogP contribution in [-0.2, 0) is 6.54 Å². The van der Waals surface area contributed by atoms with Crippen molar-refractivity contribution in [1.29, 1.82) is 5.26 Å². The van der Waals surface area contributed by atoms with E-state index in [0.29, 0.717) is 5.39 Å². The Hall–Kier alpha value is -2.08. The highest BCUT2D eigenvalue weighted by Gasteiger charge is 2.01. The summed E-state index contributed by atoms with van der Waals surface area (Å²) < 4.78 is 1.41. The predicted molar refractivity (Wildman–Crippen MR) is 58.6 cm³/mol. The van der Waals surface area contributed by atoms with Crippen molar-refractivity contribution < 1.29 is 0 Å². The lowest BCUT2D eigenvalue weighted by Crippen LogP contribution is -2.18. The highest BCUT2D eigenvalue weighted by Crippen LogP contribution is 2.11. The van der Waals surface area contributed by atoms with Gasteiger partial charge in [0.25, 0.3) is 5.56 Å². The number of benzene rings is 1. The fourth-order valence-corrected chi connectivity index (χ4v) is 1.61. The smallest absolute Gasteiger partial charge is 0.259 e. The van der Waals surface area contributed by atoms with Crippen LogP contribution in [0.15, 0.2) is 35.3 Å². The van der Waals surface area contributed by atoms with Crippen molar-refractivity contribution in [2.24, 2.45) is 0 Å². The summed E-state index contributed by atoms with van der Waals surface area (Å²) in [4.78, 5) is 11.8. The second-order valence-corrected chi connectivity index (χ2v) is 3.50. The van der Waals surface area contributed by atoms with E-state index >= 15 is 0 Å². The van der Waals surface area contributed by atoms with Crippen molar-refractivity contribution in [3.05, 3.63) is 46.4 Å². The molecule has 74 valence electrons. The maximum Gasteiger partial charge on any atom is 0.259 e. The largest absolute Gasteiger partial charge is 0.301 e. The third kappa shape index (κ3) is 1.62. The van der Waals surface area contributed by atoms with E-state index in [1.807, 2.05) is 31.2 Å². The first kappa shape index (κ1) is 9.47. The van der Waals surface area contributed by atoms with Gasteiger partial charge in [-0.05, 0) is 24.4 Å². The van der Waals surface area contributed by atoms with E-state index in [0.717, 1.165) is 10.9 Å². The van der Waals surface area contributed by atoms with Crippen LogP contribution in [0.4, 0.5) is 0 Å². The monoisotopic (exact) mass is 198 g/mol. The van der Waals surface area contributed by atoms with Crippen molar-refractivity contribution in [2.75, 3.05) is 0 Å². The first-order valence-corrected chi connectivity index (χ1v) is 4.69. The number of nitriles is 1. The third-order valence-electron chi connectivity index (χ3n) is 2.37. The Labute approximate surface area is 87.2 Å². The molecule has 0 saturated heterocycles. The highest BCUT2D eigenvalue weighted by molar-refractivity contribution is 5.81. The number of fused-ring (bicyclic) bond motifs is 1. The summed E-state index contributed by atoms with van der Waals surface area (Å²) in [6.07, 6.45) is 1.66. The van der Waals surface area contributed by atoms with Gasteiger partial charge in [0.2, 0.25) is 0 Å². The molecule has 2 rings (SSSR count). The van der Waals surface area contributed by atoms with Gasteiger partial charge in [-0.15, -0.1) is 0 Å². The van der Waals surface area contributed by atoms with E-state index in [9.17, 15) is 4.79 Å². The number of hydrogen-bond donors (Lipinski definition) is 0. The fraction of sp³-hybridized carbons (Fsp3) is 0.167. The van der Waals surface area contributed by atoms with E-state index in [2.05, 4.69) is 0 Å². The fourth-order valence-electron chi connectivity index (χ4n) is 1.61. The Bertz CT molecular complexity index is 605. The zero-order valence-electron chi connectivity index (χ0n) is 8.40. The normalized spacial score (nSPS) is 10.1. The molecule has 0 bridgehead atoms. The molecule has 0 radical (unpaired) electrons. The van der Waals surface area contributed by atoms with Gasteiger partial charge < -0.3 is 4.57 Å². The van der Waals surface area contributed by atoms with E-state index in [1.54, 1.807) is 12.3 Å². The van der Waals surface area contributed by atoms with Gasteiger partial charge in [-0.3, -0.25) is 4.79 Å². The minimum Gasteiger partial charge on any atom is -0.301 e. The lowest BCUT2D eigenvalue weighted by Gasteiger charge is -2.03. The molecule has 0 aliphatic heterocycles. The minimum atomic E-state index is -0.103. The van der Waals surface area contributed by atoms with Gasteiger partial charge in [0.15, 0.2) is 0 Å². The van der Waals surface area contributed by atoms with Crippen LogP contribution in [0.5, 0.6) is 0 Å². The Kier molecular flexibility index (Phi) is 2.26. The van der Waals surface area contributed by atoms with Gasteiger partial charge in [-0.25, -0.2) is 0 Å². The van der Waals surface area contributed by atoms with Crippen LogP contribution in [0, 0.1) is 18.3 Å². The van der Waals surface area contributed by atoms with Crippen molar-refractivity contribution in [3.63, 3.8) is 0 Å². The van der Waals surface area contributed by atoms with Crippen LogP contribution in [0.25, 0.3) is 10.8 Å². The van der Waals surface area contributed by atoms with Crippen LogP contribution < -0.4 is 5.56 Å². The second-order valence-electron chi connectivity index (χ2n) is 3.50.